The molecule has 0 saturated carbocycles. The van der Waals surface area contributed by atoms with Crippen molar-refractivity contribution in [3.05, 3.63) is 74.5 Å². The molecule has 1 aromatic heterocycles. The highest BCUT2D eigenvalue weighted by Gasteiger charge is 2.11. The van der Waals surface area contributed by atoms with Gasteiger partial charge >= 0.3 is 0 Å². The van der Waals surface area contributed by atoms with Gasteiger partial charge in [0.05, 0.1) is 16.2 Å². The molecule has 3 aromatic rings. The summed E-state index contributed by atoms with van der Waals surface area (Å²) in [6.45, 7) is 1.78. The van der Waals surface area contributed by atoms with Crippen LogP contribution in [-0.4, -0.2) is 10.5 Å². The second-order valence-corrected chi connectivity index (χ2v) is 6.28. The van der Waals surface area contributed by atoms with Gasteiger partial charge in [0.15, 0.2) is 0 Å². The fraction of sp³-hybridized carbons (Fsp3) is 0.111. The predicted molar refractivity (Wildman–Crippen MR) is 98.0 cm³/mol. The Morgan fingerprint density at radius 1 is 1.12 bits per heavy atom. The third-order valence-electron chi connectivity index (χ3n) is 3.73. The van der Waals surface area contributed by atoms with Gasteiger partial charge in [0.1, 0.15) is 6.54 Å². The van der Waals surface area contributed by atoms with Crippen LogP contribution in [0.5, 0.6) is 0 Å². The van der Waals surface area contributed by atoms with Gasteiger partial charge in [-0.3, -0.25) is 14.2 Å². The summed E-state index contributed by atoms with van der Waals surface area (Å²) in [6.07, 6.45) is 0. The third-order valence-corrected chi connectivity index (χ3v) is 4.28. The monoisotopic (exact) mass is 360 g/mol. The molecule has 1 heterocycles. The Kier molecular flexibility index (Phi) is 4.60. The minimum absolute atomic E-state index is 0.0986. The van der Waals surface area contributed by atoms with Crippen LogP contribution in [0.3, 0.4) is 0 Å². The summed E-state index contributed by atoms with van der Waals surface area (Å²) < 4.78 is 1.45. The van der Waals surface area contributed by atoms with Crippen molar-refractivity contribution < 1.29 is 4.79 Å². The number of halogens is 2. The number of amides is 1. The first kappa shape index (κ1) is 16.6. The number of aryl methyl sites for hydroxylation is 1. The van der Waals surface area contributed by atoms with Crippen molar-refractivity contribution in [1.29, 1.82) is 0 Å². The van der Waals surface area contributed by atoms with E-state index in [9.17, 15) is 9.59 Å². The molecule has 0 unspecified atom stereocenters. The molecule has 6 heteroatoms. The van der Waals surface area contributed by atoms with E-state index < -0.39 is 0 Å². The molecule has 122 valence electrons. The summed E-state index contributed by atoms with van der Waals surface area (Å²) in [5, 5.41) is 4.47. The van der Waals surface area contributed by atoms with Crippen molar-refractivity contribution in [3.63, 3.8) is 0 Å². The number of hydrogen-bond acceptors (Lipinski definition) is 2. The molecule has 0 aliphatic rings. The molecule has 1 amide bonds. The lowest BCUT2D eigenvalue weighted by molar-refractivity contribution is -0.116. The minimum Gasteiger partial charge on any atom is -0.323 e. The molecule has 3 rings (SSSR count). The van der Waals surface area contributed by atoms with Crippen molar-refractivity contribution >= 4 is 45.7 Å². The van der Waals surface area contributed by atoms with Gasteiger partial charge in [-0.25, -0.2) is 0 Å². The third kappa shape index (κ3) is 3.30. The van der Waals surface area contributed by atoms with E-state index in [1.807, 2.05) is 31.2 Å². The van der Waals surface area contributed by atoms with E-state index in [1.165, 1.54) is 10.6 Å². The largest absolute Gasteiger partial charge is 0.323 e. The van der Waals surface area contributed by atoms with Crippen molar-refractivity contribution in [3.8, 4) is 0 Å². The lowest BCUT2D eigenvalue weighted by Crippen LogP contribution is -2.28. The molecular weight excluding hydrogens is 347 g/mol. The lowest BCUT2D eigenvalue weighted by atomic mass is 10.1. The van der Waals surface area contributed by atoms with E-state index >= 15 is 0 Å². The summed E-state index contributed by atoms with van der Waals surface area (Å²) in [7, 11) is 0. The molecule has 1 N–H and O–H groups in total. The highest BCUT2D eigenvalue weighted by atomic mass is 35.5. The number of aromatic nitrogens is 1. The smallest absolute Gasteiger partial charge is 0.251 e. The van der Waals surface area contributed by atoms with Gasteiger partial charge < -0.3 is 5.32 Å². The van der Waals surface area contributed by atoms with E-state index in [0.29, 0.717) is 15.7 Å². The predicted octanol–water partition coefficient (Wildman–Crippen LogP) is 4.26. The van der Waals surface area contributed by atoms with E-state index in [1.54, 1.807) is 18.2 Å². The molecule has 0 fully saturated rings. The Morgan fingerprint density at radius 2 is 1.88 bits per heavy atom. The Morgan fingerprint density at radius 3 is 2.62 bits per heavy atom. The number of carbonyl (C=O) groups excluding carboxylic acids is 1. The Labute approximate surface area is 148 Å². The van der Waals surface area contributed by atoms with Crippen molar-refractivity contribution in [2.75, 3.05) is 5.32 Å². The van der Waals surface area contributed by atoms with Gasteiger partial charge in [-0.05, 0) is 36.8 Å². The summed E-state index contributed by atoms with van der Waals surface area (Å²) in [4.78, 5) is 24.6. The first-order valence-electron chi connectivity index (χ1n) is 7.30. The average Bonchev–Trinajstić information content (AvgIpc) is 2.54. The molecule has 2 aromatic carbocycles. The molecule has 4 nitrogen and oxygen atoms in total. The zero-order valence-electron chi connectivity index (χ0n) is 12.8. The van der Waals surface area contributed by atoms with Gasteiger partial charge in [-0.2, -0.15) is 0 Å². The van der Waals surface area contributed by atoms with Gasteiger partial charge in [-0.15, -0.1) is 0 Å². The van der Waals surface area contributed by atoms with Gasteiger partial charge in [-0.1, -0.05) is 41.4 Å². The average molecular weight is 361 g/mol. The van der Waals surface area contributed by atoms with Gasteiger partial charge in [0.25, 0.3) is 5.56 Å². The molecule has 0 aliphatic carbocycles. The molecule has 0 aliphatic heterocycles. The van der Waals surface area contributed by atoms with Crippen LogP contribution < -0.4 is 10.9 Å². The second kappa shape index (κ2) is 6.67. The second-order valence-electron chi connectivity index (χ2n) is 5.44. The number of anilines is 1. The van der Waals surface area contributed by atoms with Crippen LogP contribution in [0.1, 0.15) is 5.56 Å². The zero-order chi connectivity index (χ0) is 17.3. The first-order chi connectivity index (χ1) is 11.5. The Hall–Kier alpha value is -2.30. The fourth-order valence-electron chi connectivity index (χ4n) is 2.59. The van der Waals surface area contributed by atoms with Crippen LogP contribution in [-0.2, 0) is 11.3 Å². The maximum Gasteiger partial charge on any atom is 0.251 e. The van der Waals surface area contributed by atoms with Crippen LogP contribution in [0.25, 0.3) is 10.9 Å². The molecule has 0 bridgehead atoms. The van der Waals surface area contributed by atoms with Crippen LogP contribution in [0.2, 0.25) is 10.0 Å². The highest BCUT2D eigenvalue weighted by molar-refractivity contribution is 6.36. The van der Waals surface area contributed by atoms with Crippen molar-refractivity contribution in [2.24, 2.45) is 0 Å². The zero-order valence-corrected chi connectivity index (χ0v) is 14.4. The topological polar surface area (TPSA) is 51.1 Å². The van der Waals surface area contributed by atoms with Crippen LogP contribution in [0, 0.1) is 6.92 Å². The van der Waals surface area contributed by atoms with Crippen molar-refractivity contribution in [1.82, 2.24) is 4.57 Å². The first-order valence-corrected chi connectivity index (χ1v) is 8.05. The number of pyridine rings is 1. The van der Waals surface area contributed by atoms with Gasteiger partial charge in [0, 0.05) is 16.5 Å². The van der Waals surface area contributed by atoms with Gasteiger partial charge in [0.2, 0.25) is 5.91 Å². The summed E-state index contributed by atoms with van der Waals surface area (Å²) in [5.74, 6) is -0.338. The number of para-hydroxylation sites is 1. The van der Waals surface area contributed by atoms with Crippen LogP contribution in [0.15, 0.2) is 53.3 Å². The summed E-state index contributed by atoms with van der Waals surface area (Å²) in [5.41, 5.74) is 1.84. The van der Waals surface area contributed by atoms with E-state index in [0.717, 1.165) is 16.5 Å². The number of fused-ring (bicyclic) bond motifs is 1. The Balaban J connectivity index is 1.92. The van der Waals surface area contributed by atoms with E-state index in [-0.39, 0.29) is 18.0 Å². The summed E-state index contributed by atoms with van der Waals surface area (Å²) >= 11 is 11.9. The molecule has 0 atom stereocenters. The van der Waals surface area contributed by atoms with Crippen LogP contribution >= 0.6 is 23.2 Å². The summed E-state index contributed by atoms with van der Waals surface area (Å²) in [6, 6.07) is 13.8. The standard InChI is InChI=1S/C18H14Cl2N2O2/c1-11-8-18(24)22(16-5-3-2-4-13(11)16)10-17(23)21-15-7-6-12(19)9-14(15)20/h2-9H,10H2,1H3,(H,21,23). The van der Waals surface area contributed by atoms with Crippen molar-refractivity contribution in [2.45, 2.75) is 13.5 Å². The maximum atomic E-state index is 12.3. The SMILES string of the molecule is Cc1cc(=O)n(CC(=O)Nc2ccc(Cl)cc2Cl)c2ccccc12. The number of carbonyl (C=O) groups is 1. The highest BCUT2D eigenvalue weighted by Crippen LogP contribution is 2.25. The number of nitrogens with zero attached hydrogens (tertiary/aromatic N) is 1. The fourth-order valence-corrected chi connectivity index (χ4v) is 3.05. The van der Waals surface area contributed by atoms with Crippen LogP contribution in [0.4, 0.5) is 5.69 Å². The normalized spacial score (nSPS) is 10.8. The molecule has 0 saturated heterocycles. The molecule has 0 radical (unpaired) electrons. The number of hydrogen-bond donors (Lipinski definition) is 1. The van der Waals surface area contributed by atoms with E-state index in [2.05, 4.69) is 5.32 Å². The minimum atomic E-state index is -0.338. The number of rotatable bonds is 3. The quantitative estimate of drug-likeness (QED) is 0.758. The number of nitrogens with one attached hydrogen (secondary N) is 1. The molecule has 0 spiro atoms. The number of benzene rings is 2. The lowest BCUT2D eigenvalue weighted by Gasteiger charge is -2.12. The molecular formula is C18H14Cl2N2O2. The maximum absolute atomic E-state index is 12.3. The molecule has 24 heavy (non-hydrogen) atoms. The van der Waals surface area contributed by atoms with E-state index in [4.69, 9.17) is 23.2 Å². The Bertz CT molecular complexity index is 996.